The summed E-state index contributed by atoms with van der Waals surface area (Å²) in [6, 6.07) is 11.8. The van der Waals surface area contributed by atoms with E-state index in [1.165, 1.54) is 42.5 Å². The van der Waals surface area contributed by atoms with Crippen LogP contribution in [0.2, 0.25) is 0 Å². The first-order valence-electron chi connectivity index (χ1n) is 8.75. The summed E-state index contributed by atoms with van der Waals surface area (Å²) >= 11 is 0. The van der Waals surface area contributed by atoms with Gasteiger partial charge >= 0.3 is 5.97 Å². The normalized spacial score (nSPS) is 11.0. The number of aromatic nitrogens is 2. The summed E-state index contributed by atoms with van der Waals surface area (Å²) in [5.41, 5.74) is 3.62. The van der Waals surface area contributed by atoms with Crippen LogP contribution in [0.25, 0.3) is 11.8 Å². The van der Waals surface area contributed by atoms with E-state index in [-0.39, 0.29) is 18.1 Å². The molecule has 0 aliphatic rings. The second-order valence-corrected chi connectivity index (χ2v) is 6.34. The van der Waals surface area contributed by atoms with Gasteiger partial charge in [0.25, 0.3) is 5.69 Å². The Hall–Kier alpha value is -3.81. The molecule has 3 aromatic rings. The molecule has 1 aromatic heterocycles. The van der Waals surface area contributed by atoms with Gasteiger partial charge in [-0.15, -0.1) is 0 Å². The van der Waals surface area contributed by atoms with Crippen molar-refractivity contribution in [3.05, 3.63) is 93.1 Å². The van der Waals surface area contributed by atoms with Crippen LogP contribution in [-0.2, 0) is 16.1 Å². The lowest BCUT2D eigenvalue weighted by atomic mass is 10.2. The van der Waals surface area contributed by atoms with Crippen LogP contribution in [0.3, 0.4) is 0 Å². The van der Waals surface area contributed by atoms with Crippen LogP contribution in [0.4, 0.5) is 10.1 Å². The van der Waals surface area contributed by atoms with Crippen molar-refractivity contribution in [3.63, 3.8) is 0 Å². The molecule has 0 bridgehead atoms. The summed E-state index contributed by atoms with van der Waals surface area (Å²) in [6.45, 7) is 3.67. The molecule has 0 amide bonds. The Morgan fingerprint density at radius 3 is 2.45 bits per heavy atom. The predicted octanol–water partition coefficient (Wildman–Crippen LogP) is 4.29. The summed E-state index contributed by atoms with van der Waals surface area (Å²) in [5, 5.41) is 15.1. The average Bonchev–Trinajstić information content (AvgIpc) is 2.99. The van der Waals surface area contributed by atoms with E-state index in [1.807, 2.05) is 13.8 Å². The Morgan fingerprint density at radius 1 is 1.17 bits per heavy atom. The Balaban J connectivity index is 1.67. The lowest BCUT2D eigenvalue weighted by Gasteiger charge is -2.04. The highest BCUT2D eigenvalue weighted by Crippen LogP contribution is 2.20. The summed E-state index contributed by atoms with van der Waals surface area (Å²) in [4.78, 5) is 22.2. The van der Waals surface area contributed by atoms with E-state index in [9.17, 15) is 19.3 Å². The van der Waals surface area contributed by atoms with Crippen molar-refractivity contribution in [3.8, 4) is 5.69 Å². The number of halogens is 1. The van der Waals surface area contributed by atoms with E-state index in [2.05, 4.69) is 5.10 Å². The smallest absolute Gasteiger partial charge is 0.331 e. The van der Waals surface area contributed by atoms with Gasteiger partial charge in [0, 0.05) is 29.5 Å². The number of ether oxygens (including phenoxy) is 1. The van der Waals surface area contributed by atoms with Crippen LogP contribution in [0.15, 0.2) is 54.6 Å². The van der Waals surface area contributed by atoms with E-state index < -0.39 is 10.9 Å². The van der Waals surface area contributed by atoms with Crippen molar-refractivity contribution >= 4 is 17.7 Å². The van der Waals surface area contributed by atoms with Crippen molar-refractivity contribution in [2.75, 3.05) is 0 Å². The molecule has 148 valence electrons. The average molecular weight is 395 g/mol. The van der Waals surface area contributed by atoms with Gasteiger partial charge in [-0.25, -0.2) is 13.9 Å². The minimum Gasteiger partial charge on any atom is -0.458 e. The summed E-state index contributed by atoms with van der Waals surface area (Å²) in [6.07, 6.45) is 2.92. The number of nitrogens with zero attached hydrogens (tertiary/aromatic N) is 3. The Labute approximate surface area is 166 Å². The van der Waals surface area contributed by atoms with Gasteiger partial charge < -0.3 is 4.74 Å². The molecule has 29 heavy (non-hydrogen) atoms. The molecule has 0 saturated carbocycles. The lowest BCUT2D eigenvalue weighted by Crippen LogP contribution is -2.01. The number of benzene rings is 2. The van der Waals surface area contributed by atoms with Gasteiger partial charge in [0.05, 0.1) is 16.3 Å². The molecule has 8 heteroatoms. The van der Waals surface area contributed by atoms with Crippen molar-refractivity contribution in [1.29, 1.82) is 0 Å². The van der Waals surface area contributed by atoms with Crippen LogP contribution >= 0.6 is 0 Å². The Morgan fingerprint density at radius 2 is 1.83 bits per heavy atom. The van der Waals surface area contributed by atoms with Gasteiger partial charge in [-0.1, -0.05) is 0 Å². The standard InChI is InChI=1S/C21H18FN3O4/c1-14-20(15(2)24(23-14)18-9-5-17(22)6-10-18)11-12-21(26)29-13-16-3-7-19(8-4-16)25(27)28/h3-12H,13H2,1-2H3/b12-11+. The molecular formula is C21H18FN3O4. The number of hydrogen-bond acceptors (Lipinski definition) is 5. The molecule has 0 aliphatic carbocycles. The van der Waals surface area contributed by atoms with Gasteiger partial charge in [0.15, 0.2) is 0 Å². The molecule has 2 aromatic carbocycles. The monoisotopic (exact) mass is 395 g/mol. The molecule has 0 fully saturated rings. The molecule has 7 nitrogen and oxygen atoms in total. The molecule has 0 radical (unpaired) electrons. The van der Waals surface area contributed by atoms with E-state index in [0.29, 0.717) is 16.9 Å². The first kappa shape index (κ1) is 19.9. The summed E-state index contributed by atoms with van der Waals surface area (Å²) in [5.74, 6) is -0.872. The number of esters is 1. The third-order valence-corrected chi connectivity index (χ3v) is 4.33. The van der Waals surface area contributed by atoms with Gasteiger partial charge in [-0.3, -0.25) is 10.1 Å². The molecule has 1 heterocycles. The topological polar surface area (TPSA) is 87.3 Å². The minimum absolute atomic E-state index is 0.00791. The fraction of sp³-hybridized carbons (Fsp3) is 0.143. The van der Waals surface area contributed by atoms with Crippen LogP contribution in [-0.4, -0.2) is 20.7 Å². The van der Waals surface area contributed by atoms with Crippen LogP contribution in [0, 0.1) is 29.8 Å². The number of rotatable bonds is 6. The quantitative estimate of drug-likeness (QED) is 0.269. The van der Waals surface area contributed by atoms with E-state index >= 15 is 0 Å². The number of nitro benzene ring substituents is 1. The SMILES string of the molecule is Cc1nn(-c2ccc(F)cc2)c(C)c1/C=C/C(=O)OCc1ccc([N+](=O)[O-])cc1. The minimum atomic E-state index is -0.545. The number of carbonyl (C=O) groups excluding carboxylic acids is 1. The fourth-order valence-corrected chi connectivity index (χ4v) is 2.80. The van der Waals surface area contributed by atoms with E-state index in [1.54, 1.807) is 22.9 Å². The van der Waals surface area contributed by atoms with Crippen molar-refractivity contribution in [2.45, 2.75) is 20.5 Å². The van der Waals surface area contributed by atoms with Crippen molar-refractivity contribution in [2.24, 2.45) is 0 Å². The molecule has 0 spiro atoms. The number of carbonyl (C=O) groups is 1. The van der Waals surface area contributed by atoms with Crippen molar-refractivity contribution < 1.29 is 18.8 Å². The maximum absolute atomic E-state index is 13.1. The molecule has 0 unspecified atom stereocenters. The second kappa shape index (κ2) is 8.47. The first-order valence-corrected chi connectivity index (χ1v) is 8.75. The lowest BCUT2D eigenvalue weighted by molar-refractivity contribution is -0.384. The Kier molecular flexibility index (Phi) is 5.82. The van der Waals surface area contributed by atoms with E-state index in [0.717, 1.165) is 11.3 Å². The molecule has 3 rings (SSSR count). The molecular weight excluding hydrogens is 377 g/mol. The number of nitro groups is 1. The number of hydrogen-bond donors (Lipinski definition) is 0. The van der Waals surface area contributed by atoms with Gasteiger partial charge in [0.2, 0.25) is 0 Å². The third kappa shape index (κ3) is 4.73. The number of aryl methyl sites for hydroxylation is 1. The van der Waals surface area contributed by atoms with Crippen LogP contribution in [0.1, 0.15) is 22.5 Å². The van der Waals surface area contributed by atoms with Gasteiger partial charge in [-0.05, 0) is 61.9 Å². The molecule has 0 aliphatic heterocycles. The highest BCUT2D eigenvalue weighted by molar-refractivity contribution is 5.87. The molecule has 0 atom stereocenters. The van der Waals surface area contributed by atoms with Crippen molar-refractivity contribution in [1.82, 2.24) is 9.78 Å². The number of non-ortho nitro benzene ring substituents is 1. The summed E-state index contributed by atoms with van der Waals surface area (Å²) < 4.78 is 20.0. The van der Waals surface area contributed by atoms with Crippen LogP contribution < -0.4 is 0 Å². The maximum atomic E-state index is 13.1. The largest absolute Gasteiger partial charge is 0.458 e. The van der Waals surface area contributed by atoms with E-state index in [4.69, 9.17) is 4.74 Å². The predicted molar refractivity (Wildman–Crippen MR) is 105 cm³/mol. The maximum Gasteiger partial charge on any atom is 0.331 e. The third-order valence-electron chi connectivity index (χ3n) is 4.33. The molecule has 0 N–H and O–H groups in total. The summed E-state index contributed by atoms with van der Waals surface area (Å²) in [7, 11) is 0. The zero-order valence-corrected chi connectivity index (χ0v) is 15.8. The van der Waals surface area contributed by atoms with Gasteiger partial charge in [0.1, 0.15) is 12.4 Å². The second-order valence-electron chi connectivity index (χ2n) is 6.34. The van der Waals surface area contributed by atoms with Gasteiger partial charge in [-0.2, -0.15) is 5.10 Å². The highest BCUT2D eigenvalue weighted by Gasteiger charge is 2.11. The van der Waals surface area contributed by atoms with Crippen LogP contribution in [0.5, 0.6) is 0 Å². The zero-order valence-electron chi connectivity index (χ0n) is 15.8. The highest BCUT2D eigenvalue weighted by atomic mass is 19.1. The Bertz CT molecular complexity index is 1070. The fourth-order valence-electron chi connectivity index (χ4n) is 2.80. The first-order chi connectivity index (χ1) is 13.8. The zero-order chi connectivity index (χ0) is 21.0. The molecule has 0 saturated heterocycles.